The molecule has 0 aromatic rings. The summed E-state index contributed by atoms with van der Waals surface area (Å²) in [5, 5.41) is 3.77. The van der Waals surface area contributed by atoms with Gasteiger partial charge in [-0.2, -0.15) is 0 Å². The summed E-state index contributed by atoms with van der Waals surface area (Å²) in [6.45, 7) is 0. The third-order valence-corrected chi connectivity index (χ3v) is 4.55. The van der Waals surface area contributed by atoms with Crippen molar-refractivity contribution in [3.05, 3.63) is 0 Å². The van der Waals surface area contributed by atoms with Gasteiger partial charge in [-0.05, 0) is 44.9 Å². The van der Waals surface area contributed by atoms with Crippen molar-refractivity contribution < 1.29 is 4.74 Å². The Morgan fingerprint density at radius 1 is 1.33 bits per heavy atom. The van der Waals surface area contributed by atoms with E-state index in [4.69, 9.17) is 16.3 Å². The molecule has 1 N–H and O–H groups in total. The second kappa shape index (κ2) is 5.03. The maximum atomic E-state index is 6.06. The fourth-order valence-electron chi connectivity index (χ4n) is 2.84. The zero-order valence-electron chi connectivity index (χ0n) is 9.60. The molecular formula is C12H22ClNO. The molecule has 2 aliphatic carbocycles. The minimum Gasteiger partial charge on any atom is -0.381 e. The van der Waals surface area contributed by atoms with E-state index in [1.807, 2.05) is 7.11 Å². The molecule has 3 heteroatoms. The first-order valence-corrected chi connectivity index (χ1v) is 6.68. The van der Waals surface area contributed by atoms with Gasteiger partial charge in [0.15, 0.2) is 0 Å². The van der Waals surface area contributed by atoms with E-state index in [0.29, 0.717) is 12.1 Å². The van der Waals surface area contributed by atoms with Gasteiger partial charge in [-0.1, -0.05) is 0 Å². The Hall–Kier alpha value is 0.210. The zero-order valence-corrected chi connectivity index (χ0v) is 10.4. The lowest BCUT2D eigenvalue weighted by Gasteiger charge is -2.45. The van der Waals surface area contributed by atoms with Gasteiger partial charge in [0.05, 0.1) is 6.10 Å². The molecule has 2 unspecified atom stereocenters. The van der Waals surface area contributed by atoms with Crippen molar-refractivity contribution in [2.45, 2.75) is 62.6 Å². The van der Waals surface area contributed by atoms with Crippen molar-refractivity contribution in [2.75, 3.05) is 13.0 Å². The van der Waals surface area contributed by atoms with E-state index in [2.05, 4.69) is 5.32 Å². The molecular weight excluding hydrogens is 210 g/mol. The summed E-state index contributed by atoms with van der Waals surface area (Å²) < 4.78 is 5.45. The number of ether oxygens (including phenoxy) is 1. The van der Waals surface area contributed by atoms with Crippen LogP contribution in [0.2, 0.25) is 0 Å². The lowest BCUT2D eigenvalue weighted by Crippen LogP contribution is -2.57. The van der Waals surface area contributed by atoms with Crippen molar-refractivity contribution >= 4 is 11.6 Å². The predicted molar refractivity (Wildman–Crippen MR) is 63.5 cm³/mol. The summed E-state index contributed by atoms with van der Waals surface area (Å²) in [6.07, 6.45) is 9.27. The van der Waals surface area contributed by atoms with Gasteiger partial charge in [0, 0.05) is 24.6 Å². The van der Waals surface area contributed by atoms with Crippen molar-refractivity contribution in [3.63, 3.8) is 0 Å². The van der Waals surface area contributed by atoms with Crippen LogP contribution in [0.4, 0.5) is 0 Å². The molecule has 2 saturated carbocycles. The lowest BCUT2D eigenvalue weighted by atomic mass is 9.76. The number of nitrogens with one attached hydrogen (secondary N) is 1. The molecule has 0 amide bonds. The van der Waals surface area contributed by atoms with Crippen LogP contribution in [-0.2, 0) is 4.74 Å². The minimum atomic E-state index is 0.266. The smallest absolute Gasteiger partial charge is 0.0586 e. The molecule has 0 aromatic carbocycles. The second-order valence-electron chi connectivity index (χ2n) is 5.13. The fraction of sp³-hybridized carbons (Fsp3) is 1.00. The highest BCUT2D eigenvalue weighted by molar-refractivity contribution is 6.18. The molecule has 2 atom stereocenters. The van der Waals surface area contributed by atoms with Gasteiger partial charge in [-0.25, -0.2) is 0 Å². The van der Waals surface area contributed by atoms with Crippen LogP contribution in [0.15, 0.2) is 0 Å². The summed E-state index contributed by atoms with van der Waals surface area (Å²) in [5.74, 6) is 0.765. The van der Waals surface area contributed by atoms with Crippen LogP contribution in [-0.4, -0.2) is 30.7 Å². The number of alkyl halides is 1. The summed E-state index contributed by atoms with van der Waals surface area (Å²) in [6, 6.07) is 0.628. The number of hydrogen-bond acceptors (Lipinski definition) is 2. The number of rotatable bonds is 4. The molecule has 15 heavy (non-hydrogen) atoms. The molecule has 0 spiro atoms. The Morgan fingerprint density at radius 3 is 2.67 bits per heavy atom. The maximum Gasteiger partial charge on any atom is 0.0586 e. The Balaban J connectivity index is 1.82. The van der Waals surface area contributed by atoms with Crippen molar-refractivity contribution in [1.29, 1.82) is 0 Å². The van der Waals surface area contributed by atoms with Crippen LogP contribution in [0, 0.1) is 0 Å². The monoisotopic (exact) mass is 231 g/mol. The van der Waals surface area contributed by atoms with Gasteiger partial charge in [-0.15, -0.1) is 11.6 Å². The number of methoxy groups -OCH3 is 1. The van der Waals surface area contributed by atoms with Crippen LogP contribution < -0.4 is 5.32 Å². The van der Waals surface area contributed by atoms with Crippen LogP contribution in [0.1, 0.15) is 44.9 Å². The Bertz CT molecular complexity index is 200. The first-order chi connectivity index (χ1) is 7.28. The summed E-state index contributed by atoms with van der Waals surface area (Å²) >= 11 is 6.06. The van der Waals surface area contributed by atoms with Gasteiger partial charge < -0.3 is 10.1 Å². The number of halogens is 1. The van der Waals surface area contributed by atoms with Crippen LogP contribution in [0.3, 0.4) is 0 Å². The first kappa shape index (κ1) is 11.7. The van der Waals surface area contributed by atoms with Gasteiger partial charge in [0.1, 0.15) is 0 Å². The SMILES string of the molecule is COC1CCCC(NC2(CCl)CCC2)C1. The van der Waals surface area contributed by atoms with Crippen molar-refractivity contribution in [2.24, 2.45) is 0 Å². The maximum absolute atomic E-state index is 6.06. The predicted octanol–water partition coefficient (Wildman–Crippen LogP) is 2.70. The molecule has 0 aliphatic heterocycles. The van der Waals surface area contributed by atoms with Crippen LogP contribution in [0.25, 0.3) is 0 Å². The first-order valence-electron chi connectivity index (χ1n) is 6.14. The molecule has 2 rings (SSSR count). The van der Waals surface area contributed by atoms with Crippen molar-refractivity contribution in [3.8, 4) is 0 Å². The quantitative estimate of drug-likeness (QED) is 0.752. The Labute approximate surface area is 97.7 Å². The average molecular weight is 232 g/mol. The minimum absolute atomic E-state index is 0.266. The standard InChI is InChI=1S/C12H22ClNO/c1-15-11-5-2-4-10(8-11)14-12(9-13)6-3-7-12/h10-11,14H,2-9H2,1H3. The Kier molecular flexibility index (Phi) is 3.92. The molecule has 0 aromatic heterocycles. The zero-order chi connectivity index (χ0) is 10.7. The molecule has 0 radical (unpaired) electrons. The highest BCUT2D eigenvalue weighted by atomic mass is 35.5. The largest absolute Gasteiger partial charge is 0.381 e. The van der Waals surface area contributed by atoms with E-state index >= 15 is 0 Å². The normalized spacial score (nSPS) is 34.8. The molecule has 0 heterocycles. The molecule has 0 bridgehead atoms. The summed E-state index contributed by atoms with van der Waals surface area (Å²) in [5.41, 5.74) is 0.266. The fourth-order valence-corrected chi connectivity index (χ4v) is 3.19. The van der Waals surface area contributed by atoms with Gasteiger partial charge in [0.25, 0.3) is 0 Å². The van der Waals surface area contributed by atoms with Crippen LogP contribution >= 0.6 is 11.6 Å². The Morgan fingerprint density at radius 2 is 2.13 bits per heavy atom. The van der Waals surface area contributed by atoms with E-state index in [9.17, 15) is 0 Å². The molecule has 0 saturated heterocycles. The summed E-state index contributed by atoms with van der Waals surface area (Å²) in [7, 11) is 1.83. The lowest BCUT2D eigenvalue weighted by molar-refractivity contribution is 0.0472. The highest BCUT2D eigenvalue weighted by Crippen LogP contribution is 2.35. The molecule has 2 fully saturated rings. The number of hydrogen-bond donors (Lipinski definition) is 1. The van der Waals surface area contributed by atoms with E-state index in [-0.39, 0.29) is 5.54 Å². The third kappa shape index (κ3) is 2.66. The molecule has 88 valence electrons. The van der Waals surface area contributed by atoms with E-state index < -0.39 is 0 Å². The van der Waals surface area contributed by atoms with Crippen LogP contribution in [0.5, 0.6) is 0 Å². The van der Waals surface area contributed by atoms with E-state index in [0.717, 1.165) is 12.3 Å². The van der Waals surface area contributed by atoms with Crippen molar-refractivity contribution in [1.82, 2.24) is 5.32 Å². The highest BCUT2D eigenvalue weighted by Gasteiger charge is 2.38. The van der Waals surface area contributed by atoms with Gasteiger partial charge in [-0.3, -0.25) is 0 Å². The molecule has 2 nitrogen and oxygen atoms in total. The van der Waals surface area contributed by atoms with Gasteiger partial charge >= 0.3 is 0 Å². The second-order valence-corrected chi connectivity index (χ2v) is 5.40. The third-order valence-electron chi connectivity index (χ3n) is 4.04. The van der Waals surface area contributed by atoms with E-state index in [1.54, 1.807) is 0 Å². The average Bonchev–Trinajstić information content (AvgIpc) is 2.24. The van der Waals surface area contributed by atoms with Gasteiger partial charge in [0.2, 0.25) is 0 Å². The molecule has 2 aliphatic rings. The summed E-state index contributed by atoms with van der Waals surface area (Å²) in [4.78, 5) is 0. The van der Waals surface area contributed by atoms with E-state index in [1.165, 1.54) is 38.5 Å². The topological polar surface area (TPSA) is 21.3 Å².